The molecule has 2 heterocycles. The van der Waals surface area contributed by atoms with Crippen LogP contribution < -0.4 is 16.0 Å². The van der Waals surface area contributed by atoms with Crippen molar-refractivity contribution in [2.75, 3.05) is 19.7 Å². The van der Waals surface area contributed by atoms with Crippen LogP contribution in [0.25, 0.3) is 0 Å². The average molecular weight is 813 g/mol. The molecule has 3 amide bonds. The third-order valence-electron chi connectivity index (χ3n) is 10.1. The quantitative estimate of drug-likeness (QED) is 0.0593. The van der Waals surface area contributed by atoms with Crippen molar-refractivity contribution in [3.05, 3.63) is 67.7 Å². The van der Waals surface area contributed by atoms with Crippen molar-refractivity contribution >= 4 is 46.7 Å². The molecule has 0 radical (unpaired) electrons. The number of nitro groups is 1. The minimum absolute atomic E-state index is 0.0569. The molecule has 1 aromatic carbocycles. The van der Waals surface area contributed by atoms with Crippen LogP contribution in [0, 0.1) is 22.0 Å². The smallest absolute Gasteiger partial charge is 0.333 e. The first-order valence-corrected chi connectivity index (χ1v) is 20.8. The van der Waals surface area contributed by atoms with E-state index in [9.17, 15) is 34.1 Å². The van der Waals surface area contributed by atoms with Crippen LogP contribution in [0.3, 0.4) is 0 Å². The Labute approximate surface area is 339 Å². The standard InChI is InChI=1S/C41H60N6O9S/c1-9-20-46(40(51)36(26(6)10-2)45-37(49)32-14-12-13-19-42-32)34(25(4)5)23-35(56-28(8)48)39-44-33(24-57-39)38(50)43-30(21-27(7)41(52)55-11-3)22-29-15-17-31(18-16-29)47(53)54/h15-18,21,24-26,30,32,34-36,42H,9-14,19-20,22-23H2,1-8H3,(H,43,50)(H,45,49)/b27-21+/t26-,30+,32+,34+,35+,36-/m0/s1. The van der Waals surface area contributed by atoms with Gasteiger partial charge in [0.15, 0.2) is 6.10 Å². The van der Waals surface area contributed by atoms with Gasteiger partial charge in [0.2, 0.25) is 11.8 Å². The number of hydrogen-bond donors (Lipinski definition) is 3. The average Bonchev–Trinajstić information content (AvgIpc) is 3.68. The number of ether oxygens (including phenoxy) is 2. The van der Waals surface area contributed by atoms with Crippen LogP contribution in [0.2, 0.25) is 0 Å². The number of esters is 2. The Morgan fingerprint density at radius 1 is 1.07 bits per heavy atom. The van der Waals surface area contributed by atoms with E-state index >= 15 is 0 Å². The molecular weight excluding hydrogens is 753 g/mol. The molecule has 3 rings (SSSR count). The van der Waals surface area contributed by atoms with Crippen LogP contribution in [-0.2, 0) is 35.1 Å². The number of carbonyl (C=O) groups is 5. The number of carbonyl (C=O) groups excluding carboxylic acids is 5. The Hall–Kier alpha value is -4.70. The van der Waals surface area contributed by atoms with Crippen LogP contribution in [-0.4, -0.2) is 88.3 Å². The number of hydrogen-bond acceptors (Lipinski definition) is 12. The lowest BCUT2D eigenvalue weighted by Crippen LogP contribution is -2.58. The van der Waals surface area contributed by atoms with E-state index in [1.54, 1.807) is 42.3 Å². The Morgan fingerprint density at radius 3 is 2.33 bits per heavy atom. The molecule has 1 aliphatic rings. The monoisotopic (exact) mass is 812 g/mol. The third-order valence-corrected chi connectivity index (χ3v) is 11.0. The summed E-state index contributed by atoms with van der Waals surface area (Å²) in [6.45, 7) is 15.8. The molecule has 3 N–H and O–H groups in total. The van der Waals surface area contributed by atoms with Crippen molar-refractivity contribution in [3.8, 4) is 0 Å². The molecule has 15 nitrogen and oxygen atoms in total. The normalized spacial score (nSPS) is 17.1. The van der Waals surface area contributed by atoms with Gasteiger partial charge in [0.1, 0.15) is 16.7 Å². The van der Waals surface area contributed by atoms with Crippen LogP contribution >= 0.6 is 11.3 Å². The highest BCUT2D eigenvalue weighted by Gasteiger charge is 2.38. The van der Waals surface area contributed by atoms with Crippen molar-refractivity contribution < 1.29 is 38.4 Å². The SMILES string of the molecule is CCCN(C(=O)[C@@H](NC(=O)[C@H]1CCCCN1)[C@@H](C)CC)[C@H](C[C@@H](OC(C)=O)c1nc(C(=O)N[C@H](/C=C(\C)C(=O)OCC)Cc2ccc([N+](=O)[O-])cc2)cs1)C(C)C. The minimum Gasteiger partial charge on any atom is -0.463 e. The molecular formula is C41H60N6O9S. The number of nitro benzene ring substituents is 1. The summed E-state index contributed by atoms with van der Waals surface area (Å²) in [4.78, 5) is 83.6. The lowest BCUT2D eigenvalue weighted by Gasteiger charge is -2.39. The number of rotatable bonds is 21. The molecule has 16 heteroatoms. The summed E-state index contributed by atoms with van der Waals surface area (Å²) in [5, 5.41) is 22.4. The van der Waals surface area contributed by atoms with E-state index in [-0.39, 0.29) is 66.1 Å². The second-order valence-corrected chi connectivity index (χ2v) is 15.8. The summed E-state index contributed by atoms with van der Waals surface area (Å²) in [5.74, 6) is -2.24. The van der Waals surface area contributed by atoms with Crippen molar-refractivity contribution in [2.24, 2.45) is 11.8 Å². The lowest BCUT2D eigenvalue weighted by molar-refractivity contribution is -0.384. The number of non-ortho nitro benzene ring substituents is 1. The zero-order chi connectivity index (χ0) is 42.2. The number of amides is 3. The fraction of sp³-hybridized carbons (Fsp3) is 0.610. The van der Waals surface area contributed by atoms with Crippen molar-refractivity contribution in [1.29, 1.82) is 0 Å². The molecule has 314 valence electrons. The summed E-state index contributed by atoms with van der Waals surface area (Å²) >= 11 is 1.14. The van der Waals surface area contributed by atoms with E-state index in [4.69, 9.17) is 9.47 Å². The van der Waals surface area contributed by atoms with Crippen molar-refractivity contribution in [3.63, 3.8) is 0 Å². The van der Waals surface area contributed by atoms with Gasteiger partial charge in [-0.05, 0) is 63.5 Å². The molecule has 0 saturated carbocycles. The molecule has 57 heavy (non-hydrogen) atoms. The van der Waals surface area contributed by atoms with Gasteiger partial charge in [0.05, 0.1) is 23.6 Å². The molecule has 0 aliphatic carbocycles. The minimum atomic E-state index is -0.890. The Kier molecular flexibility index (Phi) is 18.7. The predicted molar refractivity (Wildman–Crippen MR) is 217 cm³/mol. The summed E-state index contributed by atoms with van der Waals surface area (Å²) in [5.41, 5.74) is 0.927. The highest BCUT2D eigenvalue weighted by Crippen LogP contribution is 2.32. The first-order chi connectivity index (χ1) is 27.1. The molecule has 1 saturated heterocycles. The van der Waals surface area contributed by atoms with Gasteiger partial charge in [-0.2, -0.15) is 0 Å². The second-order valence-electron chi connectivity index (χ2n) is 14.9. The third kappa shape index (κ3) is 14.0. The zero-order valence-corrected chi connectivity index (χ0v) is 35.3. The van der Waals surface area contributed by atoms with Crippen molar-refractivity contribution in [1.82, 2.24) is 25.8 Å². The van der Waals surface area contributed by atoms with Gasteiger partial charge in [0.25, 0.3) is 11.6 Å². The fourth-order valence-corrected chi connectivity index (χ4v) is 7.65. The first-order valence-electron chi connectivity index (χ1n) is 20.0. The van der Waals surface area contributed by atoms with Crippen LogP contribution in [0.4, 0.5) is 5.69 Å². The van der Waals surface area contributed by atoms with E-state index in [1.165, 1.54) is 19.1 Å². The topological polar surface area (TPSA) is 199 Å². The molecule has 6 atom stereocenters. The molecule has 0 unspecified atom stereocenters. The first kappa shape index (κ1) is 46.7. The van der Waals surface area contributed by atoms with Gasteiger partial charge in [-0.3, -0.25) is 29.3 Å². The summed E-state index contributed by atoms with van der Waals surface area (Å²) < 4.78 is 11.0. The van der Waals surface area contributed by atoms with Gasteiger partial charge >= 0.3 is 11.9 Å². The van der Waals surface area contributed by atoms with Crippen molar-refractivity contribution in [2.45, 2.75) is 131 Å². The molecule has 1 fully saturated rings. The van der Waals surface area contributed by atoms with Gasteiger partial charge < -0.3 is 30.3 Å². The van der Waals surface area contributed by atoms with Crippen LogP contribution in [0.5, 0.6) is 0 Å². The summed E-state index contributed by atoms with van der Waals surface area (Å²) in [6, 6.07) is 3.67. The Morgan fingerprint density at radius 2 is 1.77 bits per heavy atom. The van der Waals surface area contributed by atoms with Gasteiger partial charge in [0, 0.05) is 49.0 Å². The van der Waals surface area contributed by atoms with E-state index < -0.39 is 47.0 Å². The second kappa shape index (κ2) is 22.9. The maximum Gasteiger partial charge on any atom is 0.333 e. The number of aromatic nitrogens is 1. The number of nitrogens with one attached hydrogen (secondary N) is 3. The molecule has 0 spiro atoms. The zero-order valence-electron chi connectivity index (χ0n) is 34.5. The number of nitrogens with zero attached hydrogens (tertiary/aromatic N) is 3. The lowest BCUT2D eigenvalue weighted by atomic mass is 9.92. The molecule has 1 aromatic heterocycles. The van der Waals surface area contributed by atoms with Gasteiger partial charge in [-0.1, -0.05) is 65.7 Å². The highest BCUT2D eigenvalue weighted by molar-refractivity contribution is 7.09. The molecule has 0 bridgehead atoms. The van der Waals surface area contributed by atoms with Crippen LogP contribution in [0.1, 0.15) is 121 Å². The van der Waals surface area contributed by atoms with Crippen LogP contribution in [0.15, 0.2) is 41.3 Å². The number of benzene rings is 1. The maximum absolute atomic E-state index is 14.5. The van der Waals surface area contributed by atoms with Gasteiger partial charge in [-0.15, -0.1) is 11.3 Å². The highest BCUT2D eigenvalue weighted by atomic mass is 32.1. The number of thiazole rings is 1. The van der Waals surface area contributed by atoms with Gasteiger partial charge in [-0.25, -0.2) is 9.78 Å². The predicted octanol–water partition coefficient (Wildman–Crippen LogP) is 5.83. The fourth-order valence-electron chi connectivity index (χ4n) is 6.81. The summed E-state index contributed by atoms with van der Waals surface area (Å²) in [7, 11) is 0. The Balaban J connectivity index is 1.90. The van der Waals surface area contributed by atoms with E-state index in [0.717, 1.165) is 30.7 Å². The number of piperidine rings is 1. The largest absolute Gasteiger partial charge is 0.463 e. The van der Waals surface area contributed by atoms with E-state index in [2.05, 4.69) is 20.9 Å². The molecule has 2 aromatic rings. The maximum atomic E-state index is 14.5. The molecule has 1 aliphatic heterocycles. The Bertz CT molecular complexity index is 1710. The summed E-state index contributed by atoms with van der Waals surface area (Å²) in [6.07, 6.45) is 5.08. The van der Waals surface area contributed by atoms with E-state index in [0.29, 0.717) is 36.4 Å². The van der Waals surface area contributed by atoms with E-state index in [1.807, 2.05) is 34.6 Å².